The first-order valence-corrected chi connectivity index (χ1v) is 10.3. The number of rotatable bonds is 6. The Labute approximate surface area is 183 Å². The van der Waals surface area contributed by atoms with E-state index in [4.69, 9.17) is 23.2 Å². The van der Waals surface area contributed by atoms with E-state index in [1.165, 1.54) is 0 Å². The molecule has 0 saturated carbocycles. The van der Waals surface area contributed by atoms with Gasteiger partial charge in [-0.1, -0.05) is 59.1 Å². The first kappa shape index (κ1) is 20.2. The van der Waals surface area contributed by atoms with E-state index < -0.39 is 0 Å². The average Bonchev–Trinajstić information content (AvgIpc) is 2.65. The number of Topliss-reactive ketones (excluding diaryl/α,β-unsaturated/α-hetero) is 1. The molecule has 0 aliphatic carbocycles. The van der Waals surface area contributed by atoms with Crippen LogP contribution < -0.4 is 5.32 Å². The molecule has 0 spiro atoms. The lowest BCUT2D eigenvalue weighted by molar-refractivity contribution is 0.0976. The van der Waals surface area contributed by atoms with E-state index in [0.717, 1.165) is 20.4 Å². The third kappa shape index (κ3) is 5.47. The number of aryl methyl sites for hydroxylation is 1. The maximum atomic E-state index is 12.8. The lowest BCUT2D eigenvalue weighted by Gasteiger charge is -2.21. The van der Waals surface area contributed by atoms with Crippen LogP contribution in [0, 0.1) is 10.5 Å². The van der Waals surface area contributed by atoms with Crippen LogP contribution in [-0.4, -0.2) is 5.78 Å². The van der Waals surface area contributed by atoms with Gasteiger partial charge in [-0.3, -0.25) is 4.79 Å². The molecule has 5 heteroatoms. The highest BCUT2D eigenvalue weighted by molar-refractivity contribution is 14.1. The topological polar surface area (TPSA) is 29.1 Å². The molecule has 3 rings (SSSR count). The van der Waals surface area contributed by atoms with Gasteiger partial charge in [0.1, 0.15) is 0 Å². The molecule has 0 aliphatic rings. The van der Waals surface area contributed by atoms with Crippen molar-refractivity contribution in [3.63, 3.8) is 0 Å². The number of hydrogen-bond donors (Lipinski definition) is 1. The fraction of sp³-hybridized carbons (Fsp3) is 0.136. The van der Waals surface area contributed by atoms with Crippen molar-refractivity contribution in [3.8, 4) is 0 Å². The van der Waals surface area contributed by atoms with Crippen molar-refractivity contribution in [3.05, 3.63) is 97.0 Å². The summed E-state index contributed by atoms with van der Waals surface area (Å²) in [6, 6.07) is 21.0. The van der Waals surface area contributed by atoms with Gasteiger partial charge < -0.3 is 5.32 Å². The van der Waals surface area contributed by atoms with Gasteiger partial charge in [0.05, 0.1) is 16.1 Å². The van der Waals surface area contributed by atoms with Gasteiger partial charge in [0.25, 0.3) is 0 Å². The van der Waals surface area contributed by atoms with Gasteiger partial charge in [-0.15, -0.1) is 0 Å². The summed E-state index contributed by atoms with van der Waals surface area (Å²) in [5.74, 6) is 0.0732. The van der Waals surface area contributed by atoms with E-state index in [1.807, 2.05) is 67.6 Å². The second-order valence-corrected chi connectivity index (χ2v) is 8.43. The Morgan fingerprint density at radius 3 is 2.26 bits per heavy atom. The summed E-state index contributed by atoms with van der Waals surface area (Å²) in [7, 11) is 0. The molecule has 3 aromatic carbocycles. The summed E-state index contributed by atoms with van der Waals surface area (Å²) >= 11 is 14.5. The first-order valence-electron chi connectivity index (χ1n) is 8.49. The fourth-order valence-corrected chi connectivity index (χ4v) is 3.44. The molecule has 1 unspecified atom stereocenters. The quantitative estimate of drug-likeness (QED) is 0.278. The third-order valence-corrected chi connectivity index (χ3v) is 5.75. The van der Waals surface area contributed by atoms with Gasteiger partial charge >= 0.3 is 0 Å². The lowest BCUT2D eigenvalue weighted by atomic mass is 9.97. The largest absolute Gasteiger partial charge is 0.378 e. The van der Waals surface area contributed by atoms with Gasteiger partial charge in [0.2, 0.25) is 0 Å². The van der Waals surface area contributed by atoms with Crippen LogP contribution in [0.4, 0.5) is 5.69 Å². The highest BCUT2D eigenvalue weighted by Crippen LogP contribution is 2.30. The Balaban J connectivity index is 1.88. The number of nitrogens with one attached hydrogen (secondary N) is 1. The number of halogens is 3. The summed E-state index contributed by atoms with van der Waals surface area (Å²) < 4.78 is 1.15. The highest BCUT2D eigenvalue weighted by atomic mass is 127. The molecule has 0 fully saturated rings. The summed E-state index contributed by atoms with van der Waals surface area (Å²) in [6.45, 7) is 2.01. The van der Waals surface area contributed by atoms with Crippen molar-refractivity contribution in [1.82, 2.24) is 0 Å². The van der Waals surface area contributed by atoms with Gasteiger partial charge in [0.15, 0.2) is 5.78 Å². The molecule has 0 saturated heterocycles. The molecule has 1 N–H and O–H groups in total. The normalized spacial score (nSPS) is 11.9. The van der Waals surface area contributed by atoms with Crippen molar-refractivity contribution < 1.29 is 4.79 Å². The SMILES string of the molecule is Cc1ccc(C(=O)CC(Nc2ccc(I)cc2)c2ccc(Cl)c(Cl)c2)cc1. The second kappa shape index (κ2) is 9.09. The molecule has 27 heavy (non-hydrogen) atoms. The molecular weight excluding hydrogens is 492 g/mol. The van der Waals surface area contributed by atoms with Crippen molar-refractivity contribution in [2.45, 2.75) is 19.4 Å². The lowest BCUT2D eigenvalue weighted by Crippen LogP contribution is -2.16. The molecule has 138 valence electrons. The van der Waals surface area contributed by atoms with Crippen LogP contribution in [0.1, 0.15) is 33.9 Å². The summed E-state index contributed by atoms with van der Waals surface area (Å²) in [6.07, 6.45) is 0.313. The number of benzene rings is 3. The van der Waals surface area contributed by atoms with Gasteiger partial charge in [-0.05, 0) is 71.5 Å². The van der Waals surface area contributed by atoms with E-state index >= 15 is 0 Å². The molecule has 2 nitrogen and oxygen atoms in total. The second-order valence-electron chi connectivity index (χ2n) is 6.37. The summed E-state index contributed by atoms with van der Waals surface area (Å²) in [5, 5.41) is 4.43. The van der Waals surface area contributed by atoms with Gasteiger partial charge in [-0.25, -0.2) is 0 Å². The molecule has 1 atom stereocenters. The Morgan fingerprint density at radius 1 is 0.963 bits per heavy atom. The number of ketones is 1. The minimum Gasteiger partial charge on any atom is -0.378 e. The van der Waals surface area contributed by atoms with Gasteiger partial charge in [-0.2, -0.15) is 0 Å². The zero-order valence-electron chi connectivity index (χ0n) is 14.7. The molecule has 0 amide bonds. The Kier molecular flexibility index (Phi) is 6.79. The third-order valence-electron chi connectivity index (χ3n) is 4.29. The number of carbonyl (C=O) groups excluding carboxylic acids is 1. The van der Waals surface area contributed by atoms with Crippen molar-refractivity contribution in [2.75, 3.05) is 5.32 Å². The van der Waals surface area contributed by atoms with Crippen LogP contribution >= 0.6 is 45.8 Å². The minimum atomic E-state index is -0.214. The molecule has 0 bridgehead atoms. The van der Waals surface area contributed by atoms with E-state index in [-0.39, 0.29) is 11.8 Å². The van der Waals surface area contributed by atoms with Crippen LogP contribution in [-0.2, 0) is 0 Å². The Bertz CT molecular complexity index is 940. The fourth-order valence-electron chi connectivity index (χ4n) is 2.77. The molecule has 0 heterocycles. The zero-order valence-corrected chi connectivity index (χ0v) is 18.3. The Morgan fingerprint density at radius 2 is 1.63 bits per heavy atom. The van der Waals surface area contributed by atoms with Crippen LogP contribution in [0.2, 0.25) is 10.0 Å². The van der Waals surface area contributed by atoms with Crippen molar-refractivity contribution in [1.29, 1.82) is 0 Å². The van der Waals surface area contributed by atoms with Crippen LogP contribution in [0.3, 0.4) is 0 Å². The van der Waals surface area contributed by atoms with E-state index in [2.05, 4.69) is 27.9 Å². The van der Waals surface area contributed by atoms with Crippen LogP contribution in [0.25, 0.3) is 0 Å². The predicted octanol–water partition coefficient (Wildman–Crippen LogP) is 7.33. The van der Waals surface area contributed by atoms with Crippen molar-refractivity contribution in [2.24, 2.45) is 0 Å². The number of anilines is 1. The zero-order chi connectivity index (χ0) is 19.4. The summed E-state index contributed by atoms with van der Waals surface area (Å²) in [5.41, 5.74) is 3.70. The maximum Gasteiger partial charge on any atom is 0.165 e. The molecule has 0 aliphatic heterocycles. The number of hydrogen-bond acceptors (Lipinski definition) is 2. The molecule has 0 aromatic heterocycles. The minimum absolute atomic E-state index is 0.0732. The van der Waals surface area contributed by atoms with Crippen LogP contribution in [0.5, 0.6) is 0 Å². The van der Waals surface area contributed by atoms with Crippen LogP contribution in [0.15, 0.2) is 66.7 Å². The average molecular weight is 510 g/mol. The van der Waals surface area contributed by atoms with E-state index in [1.54, 1.807) is 6.07 Å². The number of carbonyl (C=O) groups is 1. The monoisotopic (exact) mass is 509 g/mol. The summed E-state index contributed by atoms with van der Waals surface area (Å²) in [4.78, 5) is 12.8. The maximum absolute atomic E-state index is 12.8. The van der Waals surface area contributed by atoms with E-state index in [9.17, 15) is 4.79 Å². The van der Waals surface area contributed by atoms with Gasteiger partial charge in [0, 0.05) is 21.2 Å². The first-order chi connectivity index (χ1) is 12.9. The highest BCUT2D eigenvalue weighted by Gasteiger charge is 2.18. The van der Waals surface area contributed by atoms with Crippen molar-refractivity contribution >= 4 is 57.3 Å². The molecule has 0 radical (unpaired) electrons. The van der Waals surface area contributed by atoms with E-state index in [0.29, 0.717) is 22.0 Å². The standard InChI is InChI=1S/C22H18Cl2INO/c1-14-2-4-15(5-3-14)22(27)13-21(16-6-11-19(23)20(24)12-16)26-18-9-7-17(25)8-10-18/h2-12,21,26H,13H2,1H3. The molecular formula is C22H18Cl2INO. The predicted molar refractivity (Wildman–Crippen MR) is 122 cm³/mol. The Hall–Kier alpha value is -1.56. The smallest absolute Gasteiger partial charge is 0.165 e. The molecule has 3 aromatic rings.